The Morgan fingerprint density at radius 2 is 2.04 bits per heavy atom. The number of nitrogens with zero attached hydrogens (tertiary/aromatic N) is 2. The Morgan fingerprint density at radius 3 is 2.72 bits per heavy atom. The van der Waals surface area contributed by atoms with Crippen LogP contribution in [0.1, 0.15) is 31.4 Å². The number of hydrogen-bond donors (Lipinski definition) is 2. The topological polar surface area (TPSA) is 88.3 Å². The number of rotatable bonds is 7. The van der Waals surface area contributed by atoms with Gasteiger partial charge in [0.25, 0.3) is 11.8 Å². The predicted molar refractivity (Wildman–Crippen MR) is 103 cm³/mol. The van der Waals surface area contributed by atoms with E-state index < -0.39 is 0 Å². The highest BCUT2D eigenvalue weighted by atomic mass is 35.5. The van der Waals surface area contributed by atoms with Crippen LogP contribution < -0.4 is 11.1 Å². The fourth-order valence-electron chi connectivity index (χ4n) is 2.18. The second-order valence-electron chi connectivity index (χ2n) is 5.57. The van der Waals surface area contributed by atoms with Crippen LogP contribution in [-0.4, -0.2) is 48.9 Å². The van der Waals surface area contributed by atoms with Crippen molar-refractivity contribution in [3.05, 3.63) is 51.5 Å². The van der Waals surface area contributed by atoms with E-state index in [4.69, 9.17) is 5.73 Å². The van der Waals surface area contributed by atoms with Crippen molar-refractivity contribution < 1.29 is 9.59 Å². The number of carbonyl (C=O) groups excluding carboxylic acids is 2. The third kappa shape index (κ3) is 6.12. The third-order valence-corrected chi connectivity index (χ3v) is 4.33. The van der Waals surface area contributed by atoms with Crippen molar-refractivity contribution in [3.8, 4) is 0 Å². The summed E-state index contributed by atoms with van der Waals surface area (Å²) in [4.78, 5) is 29.8. The number of thiazole rings is 1. The summed E-state index contributed by atoms with van der Waals surface area (Å²) in [6.45, 7) is 1.01. The molecule has 0 radical (unpaired) electrons. The summed E-state index contributed by atoms with van der Waals surface area (Å²) < 4.78 is 0. The van der Waals surface area contributed by atoms with Gasteiger partial charge in [-0.3, -0.25) is 9.59 Å². The zero-order valence-corrected chi connectivity index (χ0v) is 16.0. The average Bonchev–Trinajstić information content (AvgIpc) is 3.03. The van der Waals surface area contributed by atoms with Crippen molar-refractivity contribution in [2.45, 2.75) is 12.8 Å². The number of nitrogens with one attached hydrogen (secondary N) is 1. The lowest BCUT2D eigenvalue weighted by atomic mass is 10.1. The minimum atomic E-state index is -0.185. The summed E-state index contributed by atoms with van der Waals surface area (Å²) >= 11 is 1.45. The fraction of sp³-hybridized carbons (Fsp3) is 0.353. The minimum Gasteiger partial charge on any atom is -0.350 e. The first-order chi connectivity index (χ1) is 11.5. The molecule has 0 fully saturated rings. The maximum absolute atomic E-state index is 12.1. The Kier molecular flexibility index (Phi) is 8.54. The molecule has 0 aliphatic rings. The molecule has 0 saturated heterocycles. The van der Waals surface area contributed by atoms with Gasteiger partial charge in [0, 0.05) is 38.0 Å². The van der Waals surface area contributed by atoms with Crippen LogP contribution in [0.4, 0.5) is 0 Å². The average molecular weight is 383 g/mol. The Morgan fingerprint density at radius 1 is 1.28 bits per heavy atom. The highest BCUT2D eigenvalue weighted by Crippen LogP contribution is 2.10. The summed E-state index contributed by atoms with van der Waals surface area (Å²) in [5.74, 6) is -0.217. The molecule has 3 N–H and O–H groups in total. The number of halogens is 1. The predicted octanol–water partition coefficient (Wildman–Crippen LogP) is 1.74. The first-order valence-corrected chi connectivity index (χ1v) is 8.62. The molecule has 0 bridgehead atoms. The number of amides is 2. The van der Waals surface area contributed by atoms with E-state index in [9.17, 15) is 9.59 Å². The molecule has 1 heterocycles. The van der Waals surface area contributed by atoms with Crippen molar-refractivity contribution in [1.29, 1.82) is 0 Å². The molecule has 0 unspecified atom stereocenters. The molecule has 8 heteroatoms. The van der Waals surface area contributed by atoms with E-state index >= 15 is 0 Å². The standard InChI is InChI=1S/C17H22N4O2S.ClH/c1-21(2)17(23)13-5-3-4-12(10-13)7-9-19-16(22)14-11-24-15(20-14)6-8-18;/h3-5,10-11H,6-9,18H2,1-2H3,(H,19,22);1H. The molecule has 0 saturated carbocycles. The molecule has 1 aromatic heterocycles. The quantitative estimate of drug-likeness (QED) is 0.763. The largest absolute Gasteiger partial charge is 0.350 e. The fourth-order valence-corrected chi connectivity index (χ4v) is 2.98. The molecule has 6 nitrogen and oxygen atoms in total. The van der Waals surface area contributed by atoms with Crippen molar-refractivity contribution in [1.82, 2.24) is 15.2 Å². The maximum atomic E-state index is 12.1. The SMILES string of the molecule is CN(C)C(=O)c1cccc(CCNC(=O)c2csc(CCN)n2)c1.Cl. The molecule has 0 aliphatic heterocycles. The lowest BCUT2D eigenvalue weighted by molar-refractivity contribution is 0.0827. The number of hydrogen-bond acceptors (Lipinski definition) is 5. The number of carbonyl (C=O) groups is 2. The van der Waals surface area contributed by atoms with Crippen molar-refractivity contribution in [3.63, 3.8) is 0 Å². The summed E-state index contributed by atoms with van der Waals surface area (Å²) in [6, 6.07) is 7.45. The third-order valence-electron chi connectivity index (χ3n) is 3.42. The van der Waals surface area contributed by atoms with Crippen molar-refractivity contribution in [2.24, 2.45) is 5.73 Å². The van der Waals surface area contributed by atoms with Crippen LogP contribution in [0.15, 0.2) is 29.6 Å². The van der Waals surface area contributed by atoms with Gasteiger partial charge in [0.05, 0.1) is 5.01 Å². The van der Waals surface area contributed by atoms with E-state index in [0.29, 0.717) is 37.2 Å². The molecule has 1 aromatic carbocycles. The second kappa shape index (κ2) is 10.1. The molecule has 2 aromatic rings. The van der Waals surface area contributed by atoms with Crippen LogP contribution in [0.2, 0.25) is 0 Å². The summed E-state index contributed by atoms with van der Waals surface area (Å²) in [6.07, 6.45) is 1.34. The molecule has 136 valence electrons. The van der Waals surface area contributed by atoms with Gasteiger partial charge in [-0.1, -0.05) is 12.1 Å². The minimum absolute atomic E-state index is 0. The van der Waals surface area contributed by atoms with Crippen molar-refractivity contribution in [2.75, 3.05) is 27.2 Å². The van der Waals surface area contributed by atoms with Gasteiger partial charge in [0.15, 0.2) is 0 Å². The first kappa shape index (κ1) is 21.1. The summed E-state index contributed by atoms with van der Waals surface area (Å²) in [5.41, 5.74) is 7.56. The zero-order valence-electron chi connectivity index (χ0n) is 14.3. The highest BCUT2D eigenvalue weighted by Gasteiger charge is 2.11. The smallest absolute Gasteiger partial charge is 0.270 e. The molecule has 0 atom stereocenters. The van der Waals surface area contributed by atoms with Crippen LogP contribution in [-0.2, 0) is 12.8 Å². The number of aromatic nitrogens is 1. The van der Waals surface area contributed by atoms with Gasteiger partial charge < -0.3 is 16.0 Å². The van der Waals surface area contributed by atoms with Gasteiger partial charge in [0.2, 0.25) is 0 Å². The molecular weight excluding hydrogens is 360 g/mol. The van der Waals surface area contributed by atoms with E-state index in [-0.39, 0.29) is 24.2 Å². The van der Waals surface area contributed by atoms with Crippen LogP contribution >= 0.6 is 23.7 Å². The van der Waals surface area contributed by atoms with Gasteiger partial charge >= 0.3 is 0 Å². The van der Waals surface area contributed by atoms with Gasteiger partial charge in [-0.2, -0.15) is 0 Å². The van der Waals surface area contributed by atoms with Gasteiger partial charge in [0.1, 0.15) is 5.69 Å². The molecular formula is C17H23ClN4O2S. The van der Waals surface area contributed by atoms with Crippen LogP contribution in [0.3, 0.4) is 0 Å². The second-order valence-corrected chi connectivity index (χ2v) is 6.51. The normalized spacial score (nSPS) is 10.0. The van der Waals surface area contributed by atoms with E-state index in [1.807, 2.05) is 18.2 Å². The lowest BCUT2D eigenvalue weighted by Crippen LogP contribution is -2.26. The van der Waals surface area contributed by atoms with E-state index in [1.54, 1.807) is 30.4 Å². The Balaban J connectivity index is 0.00000312. The highest BCUT2D eigenvalue weighted by molar-refractivity contribution is 7.09. The van der Waals surface area contributed by atoms with E-state index in [1.165, 1.54) is 11.3 Å². The van der Waals surface area contributed by atoms with Gasteiger partial charge in [-0.15, -0.1) is 23.7 Å². The zero-order chi connectivity index (χ0) is 17.5. The van der Waals surface area contributed by atoms with Crippen molar-refractivity contribution >= 4 is 35.6 Å². The Hall–Kier alpha value is -1.96. The van der Waals surface area contributed by atoms with Gasteiger partial charge in [-0.25, -0.2) is 4.98 Å². The Bertz CT molecular complexity index is 718. The van der Waals surface area contributed by atoms with Crippen LogP contribution in [0, 0.1) is 0 Å². The maximum Gasteiger partial charge on any atom is 0.270 e. The molecule has 2 amide bonds. The Labute approximate surface area is 157 Å². The van der Waals surface area contributed by atoms with Gasteiger partial charge in [-0.05, 0) is 30.7 Å². The molecule has 2 rings (SSSR count). The van der Waals surface area contributed by atoms with Crippen LogP contribution in [0.25, 0.3) is 0 Å². The molecule has 0 aliphatic carbocycles. The van der Waals surface area contributed by atoms with Crippen LogP contribution in [0.5, 0.6) is 0 Å². The van der Waals surface area contributed by atoms with E-state index in [2.05, 4.69) is 10.3 Å². The summed E-state index contributed by atoms with van der Waals surface area (Å²) in [5, 5.41) is 5.47. The van der Waals surface area contributed by atoms with E-state index in [0.717, 1.165) is 10.6 Å². The lowest BCUT2D eigenvalue weighted by Gasteiger charge is -2.11. The monoisotopic (exact) mass is 382 g/mol. The summed E-state index contributed by atoms with van der Waals surface area (Å²) in [7, 11) is 3.45. The number of nitrogens with two attached hydrogens (primary N) is 1. The number of benzene rings is 1. The first-order valence-electron chi connectivity index (χ1n) is 7.74. The molecule has 25 heavy (non-hydrogen) atoms. The molecule has 0 spiro atoms.